The summed E-state index contributed by atoms with van der Waals surface area (Å²) in [6.45, 7) is 4.43. The molecule has 1 atom stereocenters. The van der Waals surface area contributed by atoms with Gasteiger partial charge in [-0.15, -0.1) is 11.3 Å². The zero-order chi connectivity index (χ0) is 13.7. The summed E-state index contributed by atoms with van der Waals surface area (Å²) in [6, 6.07) is 4.39. The lowest BCUT2D eigenvalue weighted by atomic mass is 10.1. The van der Waals surface area contributed by atoms with Gasteiger partial charge < -0.3 is 10.1 Å². The third kappa shape index (κ3) is 3.45. The Balaban J connectivity index is 2.33. The second kappa shape index (κ2) is 7.19. The van der Waals surface area contributed by atoms with Crippen molar-refractivity contribution < 1.29 is 4.74 Å². The molecule has 104 valence electrons. The molecular formula is C13H18BrN3OS. The average molecular weight is 344 g/mol. The minimum Gasteiger partial charge on any atom is -0.383 e. The highest BCUT2D eigenvalue weighted by atomic mass is 79.9. The van der Waals surface area contributed by atoms with Crippen LogP contribution in [0.4, 0.5) is 0 Å². The normalized spacial score (nSPS) is 12.8. The standard InChI is InChI=1S/C13H18BrN3OS/c1-3-15-12(11-5-4-8-19-11)13-10(14)9-16-17(13)6-7-18-2/h4-5,8-9,12,15H,3,6-7H2,1-2H3. The number of nitrogens with one attached hydrogen (secondary N) is 1. The van der Waals surface area contributed by atoms with Crippen LogP contribution in [0.25, 0.3) is 0 Å². The van der Waals surface area contributed by atoms with Gasteiger partial charge in [-0.3, -0.25) is 4.68 Å². The van der Waals surface area contributed by atoms with Crippen LogP contribution in [0.2, 0.25) is 0 Å². The average Bonchev–Trinajstić information content (AvgIpc) is 3.04. The summed E-state index contributed by atoms with van der Waals surface area (Å²) in [5.41, 5.74) is 1.15. The summed E-state index contributed by atoms with van der Waals surface area (Å²) >= 11 is 5.36. The van der Waals surface area contributed by atoms with Crippen molar-refractivity contribution in [2.45, 2.75) is 19.5 Å². The predicted octanol–water partition coefficient (Wildman–Crippen LogP) is 3.05. The maximum atomic E-state index is 5.15. The van der Waals surface area contributed by atoms with Crippen molar-refractivity contribution in [3.8, 4) is 0 Å². The summed E-state index contributed by atoms with van der Waals surface area (Å²) in [4.78, 5) is 1.29. The molecule has 0 saturated carbocycles. The van der Waals surface area contributed by atoms with E-state index in [2.05, 4.69) is 50.8 Å². The molecule has 0 fully saturated rings. The smallest absolute Gasteiger partial charge is 0.0853 e. The summed E-state index contributed by atoms with van der Waals surface area (Å²) in [7, 11) is 1.71. The molecule has 0 radical (unpaired) electrons. The van der Waals surface area contributed by atoms with Crippen molar-refractivity contribution in [1.29, 1.82) is 0 Å². The Hall–Kier alpha value is -0.690. The fourth-order valence-corrected chi connectivity index (χ4v) is 3.33. The quantitative estimate of drug-likeness (QED) is 0.839. The molecule has 6 heteroatoms. The number of halogens is 1. The Bertz CT molecular complexity index is 498. The fraction of sp³-hybridized carbons (Fsp3) is 0.462. The van der Waals surface area contributed by atoms with Gasteiger partial charge in [0.2, 0.25) is 0 Å². The van der Waals surface area contributed by atoms with E-state index in [1.54, 1.807) is 18.4 Å². The Morgan fingerprint density at radius 1 is 1.58 bits per heavy atom. The maximum Gasteiger partial charge on any atom is 0.0853 e. The number of ether oxygens (including phenoxy) is 1. The second-order valence-electron chi connectivity index (χ2n) is 4.10. The number of hydrogen-bond donors (Lipinski definition) is 1. The molecule has 2 rings (SSSR count). The van der Waals surface area contributed by atoms with Gasteiger partial charge in [-0.2, -0.15) is 5.10 Å². The van der Waals surface area contributed by atoms with E-state index in [0.717, 1.165) is 23.3 Å². The number of hydrogen-bond acceptors (Lipinski definition) is 4. The van der Waals surface area contributed by atoms with Crippen molar-refractivity contribution in [1.82, 2.24) is 15.1 Å². The summed E-state index contributed by atoms with van der Waals surface area (Å²) in [5, 5.41) is 10.0. The van der Waals surface area contributed by atoms with E-state index >= 15 is 0 Å². The van der Waals surface area contributed by atoms with Crippen LogP contribution in [0.15, 0.2) is 28.2 Å². The van der Waals surface area contributed by atoms with Crippen molar-refractivity contribution in [3.63, 3.8) is 0 Å². The monoisotopic (exact) mass is 343 g/mol. The first kappa shape index (κ1) is 14.7. The Morgan fingerprint density at radius 2 is 2.42 bits per heavy atom. The number of nitrogens with zero attached hydrogens (tertiary/aromatic N) is 2. The minimum absolute atomic E-state index is 0.165. The summed E-state index contributed by atoms with van der Waals surface area (Å²) in [6.07, 6.45) is 1.85. The highest BCUT2D eigenvalue weighted by molar-refractivity contribution is 9.10. The number of methoxy groups -OCH3 is 1. The largest absolute Gasteiger partial charge is 0.383 e. The Morgan fingerprint density at radius 3 is 3.05 bits per heavy atom. The molecule has 0 aliphatic rings. The molecule has 0 aliphatic heterocycles. The molecule has 4 nitrogen and oxygen atoms in total. The molecule has 0 saturated heterocycles. The van der Waals surface area contributed by atoms with E-state index in [9.17, 15) is 0 Å². The predicted molar refractivity (Wildman–Crippen MR) is 81.6 cm³/mol. The van der Waals surface area contributed by atoms with Gasteiger partial charge in [0.15, 0.2) is 0 Å². The lowest BCUT2D eigenvalue weighted by Crippen LogP contribution is -2.25. The van der Waals surface area contributed by atoms with Crippen molar-refractivity contribution in [3.05, 3.63) is 38.8 Å². The van der Waals surface area contributed by atoms with Gasteiger partial charge >= 0.3 is 0 Å². The van der Waals surface area contributed by atoms with E-state index in [1.807, 2.05) is 10.9 Å². The summed E-state index contributed by atoms with van der Waals surface area (Å²) in [5.74, 6) is 0. The van der Waals surface area contributed by atoms with Gasteiger partial charge in [-0.25, -0.2) is 0 Å². The maximum absolute atomic E-state index is 5.15. The first-order valence-electron chi connectivity index (χ1n) is 6.24. The van der Waals surface area contributed by atoms with E-state index < -0.39 is 0 Å². The molecule has 1 N–H and O–H groups in total. The molecule has 2 heterocycles. The molecule has 0 aromatic carbocycles. The van der Waals surface area contributed by atoms with Gasteiger partial charge in [-0.05, 0) is 33.9 Å². The van der Waals surface area contributed by atoms with E-state index in [-0.39, 0.29) is 6.04 Å². The van der Waals surface area contributed by atoms with Crippen molar-refractivity contribution in [2.75, 3.05) is 20.3 Å². The van der Waals surface area contributed by atoms with Gasteiger partial charge in [-0.1, -0.05) is 13.0 Å². The molecule has 0 bridgehead atoms. The molecule has 0 aliphatic carbocycles. The zero-order valence-electron chi connectivity index (χ0n) is 11.1. The fourth-order valence-electron chi connectivity index (χ4n) is 2.01. The van der Waals surface area contributed by atoms with Crippen molar-refractivity contribution >= 4 is 27.3 Å². The number of aromatic nitrogens is 2. The SMILES string of the molecule is CCNC(c1cccs1)c1c(Br)cnn1CCOC. The molecule has 2 aromatic heterocycles. The van der Waals surface area contributed by atoms with E-state index in [1.165, 1.54) is 4.88 Å². The Labute approximate surface area is 125 Å². The zero-order valence-corrected chi connectivity index (χ0v) is 13.5. The second-order valence-corrected chi connectivity index (χ2v) is 5.93. The lowest BCUT2D eigenvalue weighted by molar-refractivity contribution is 0.182. The van der Waals surface area contributed by atoms with Crippen LogP contribution in [0.5, 0.6) is 0 Å². The van der Waals surface area contributed by atoms with Crippen LogP contribution in [0.3, 0.4) is 0 Å². The van der Waals surface area contributed by atoms with Crippen molar-refractivity contribution in [2.24, 2.45) is 0 Å². The van der Waals surface area contributed by atoms with Gasteiger partial charge in [0.25, 0.3) is 0 Å². The molecule has 1 unspecified atom stereocenters. The lowest BCUT2D eigenvalue weighted by Gasteiger charge is -2.19. The van der Waals surface area contributed by atoms with E-state index in [0.29, 0.717) is 6.61 Å². The first-order chi connectivity index (χ1) is 9.27. The van der Waals surface area contributed by atoms with Gasteiger partial charge in [0.05, 0.1) is 35.6 Å². The van der Waals surface area contributed by atoms with Crippen LogP contribution in [-0.4, -0.2) is 30.0 Å². The van der Waals surface area contributed by atoms with Crippen LogP contribution in [0.1, 0.15) is 23.5 Å². The highest BCUT2D eigenvalue weighted by Crippen LogP contribution is 2.31. The molecule has 19 heavy (non-hydrogen) atoms. The number of rotatable bonds is 7. The molecule has 0 spiro atoms. The van der Waals surface area contributed by atoms with Crippen LogP contribution in [0, 0.1) is 0 Å². The minimum atomic E-state index is 0.165. The number of thiophene rings is 1. The van der Waals surface area contributed by atoms with E-state index in [4.69, 9.17) is 4.74 Å². The van der Waals surface area contributed by atoms with Gasteiger partial charge in [0.1, 0.15) is 0 Å². The molecular weight excluding hydrogens is 326 g/mol. The third-order valence-corrected chi connectivity index (χ3v) is 4.40. The Kier molecular flexibility index (Phi) is 5.57. The van der Waals surface area contributed by atoms with Crippen LogP contribution >= 0.6 is 27.3 Å². The topological polar surface area (TPSA) is 39.1 Å². The molecule has 0 amide bonds. The van der Waals surface area contributed by atoms with Crippen LogP contribution in [-0.2, 0) is 11.3 Å². The molecule has 2 aromatic rings. The first-order valence-corrected chi connectivity index (χ1v) is 7.92. The third-order valence-electron chi connectivity index (χ3n) is 2.85. The summed E-state index contributed by atoms with van der Waals surface area (Å²) < 4.78 is 8.18. The van der Waals surface area contributed by atoms with Gasteiger partial charge in [0, 0.05) is 12.0 Å². The van der Waals surface area contributed by atoms with Crippen LogP contribution < -0.4 is 5.32 Å². The highest BCUT2D eigenvalue weighted by Gasteiger charge is 2.21.